The van der Waals surface area contributed by atoms with Gasteiger partial charge in [-0.3, -0.25) is 22.7 Å². The van der Waals surface area contributed by atoms with E-state index in [1.165, 1.54) is 10.9 Å². The number of rotatable bonds is 2. The summed E-state index contributed by atoms with van der Waals surface area (Å²) in [5.41, 5.74) is 11.3. The zero-order valence-corrected chi connectivity index (χ0v) is 24.1. The molecule has 3 saturated heterocycles. The lowest BCUT2D eigenvalue weighted by Crippen LogP contribution is -2.40. The number of aromatic nitrogens is 8. The molecule has 0 radical (unpaired) electrons. The van der Waals surface area contributed by atoms with Crippen molar-refractivity contribution in [1.29, 1.82) is 0 Å². The van der Waals surface area contributed by atoms with Crippen molar-refractivity contribution in [2.24, 2.45) is 0 Å². The van der Waals surface area contributed by atoms with Crippen molar-refractivity contribution in [3.63, 3.8) is 0 Å². The standard InChI is InChI=1S/C20H24N10O13P2/c21-14-8-15(24-3-23-14)29(4-25-8)18-10(31)12-6(40-18)1-38-45(36,37)43-13-7(2-39-44(34,35)42-12)41-19(11(13)32)30-5-26-9-16(30)27-20(22)28-17(9)33/h3-7,10-13,18-19,31-32H,1-2H2,(H,34,35)(H,36,37)(H2,21,23,24)(H3,22,27,28,33)/p-2/t6-,7-,10-,11-,12-,13-,18-,19-/m1/s1. The van der Waals surface area contributed by atoms with Crippen LogP contribution in [0.5, 0.6) is 5.88 Å². The van der Waals surface area contributed by atoms with Gasteiger partial charge in [0.05, 0.1) is 25.9 Å². The maximum Gasteiger partial charge on any atom is 0.472 e. The number of nitrogens with two attached hydrogens (primary N) is 2. The van der Waals surface area contributed by atoms with Crippen molar-refractivity contribution < 1.29 is 61.8 Å². The Morgan fingerprint density at radius 2 is 1.44 bits per heavy atom. The van der Waals surface area contributed by atoms with E-state index in [0.29, 0.717) is 0 Å². The quantitative estimate of drug-likeness (QED) is 0.131. The summed E-state index contributed by atoms with van der Waals surface area (Å²) < 4.78 is 60.3. The van der Waals surface area contributed by atoms with Crippen LogP contribution < -0.4 is 21.5 Å². The predicted octanol–water partition coefficient (Wildman–Crippen LogP) is -3.19. The molecule has 0 amide bonds. The Morgan fingerprint density at radius 3 is 2.13 bits per heavy atom. The maximum atomic E-state index is 13.1. The van der Waals surface area contributed by atoms with E-state index < -0.39 is 89.8 Å². The molecule has 0 saturated carbocycles. The highest BCUT2D eigenvalue weighted by Gasteiger charge is 2.52. The van der Waals surface area contributed by atoms with E-state index in [1.807, 2.05) is 0 Å². The van der Waals surface area contributed by atoms with Gasteiger partial charge in [-0.05, 0) is 0 Å². The van der Waals surface area contributed by atoms with Crippen LogP contribution >= 0.6 is 15.6 Å². The summed E-state index contributed by atoms with van der Waals surface area (Å²) in [6.45, 7) is -1.75. The van der Waals surface area contributed by atoms with Gasteiger partial charge < -0.3 is 55.1 Å². The van der Waals surface area contributed by atoms with Crippen LogP contribution in [-0.4, -0.2) is 104 Å². The fraction of sp³-hybridized carbons (Fsp3) is 0.500. The zero-order chi connectivity index (χ0) is 31.8. The van der Waals surface area contributed by atoms with E-state index >= 15 is 0 Å². The number of imidazole rings is 2. The Balaban J connectivity index is 1.17. The number of aliphatic hydroxyl groups is 2. The minimum absolute atomic E-state index is 0.0270. The van der Waals surface area contributed by atoms with Gasteiger partial charge in [0.2, 0.25) is 5.95 Å². The summed E-state index contributed by atoms with van der Waals surface area (Å²) in [7, 11) is -10.4. The van der Waals surface area contributed by atoms with Crippen LogP contribution in [0, 0.1) is 0 Å². The predicted molar refractivity (Wildman–Crippen MR) is 138 cm³/mol. The Labute approximate surface area is 249 Å². The van der Waals surface area contributed by atoms with Crippen LogP contribution in [0.25, 0.3) is 22.3 Å². The first-order chi connectivity index (χ1) is 21.3. The first-order valence-electron chi connectivity index (χ1n) is 12.9. The molecule has 0 bridgehead atoms. The Kier molecular flexibility index (Phi) is 7.27. The number of aliphatic hydroxyl groups excluding tert-OH is 2. The highest BCUT2D eigenvalue weighted by molar-refractivity contribution is 7.47. The summed E-state index contributed by atoms with van der Waals surface area (Å²) in [5.74, 6) is -1.19. The van der Waals surface area contributed by atoms with E-state index in [-0.39, 0.29) is 28.1 Å². The molecule has 0 spiro atoms. The van der Waals surface area contributed by atoms with Gasteiger partial charge in [0, 0.05) is 5.88 Å². The zero-order valence-electron chi connectivity index (χ0n) is 22.3. The second-order valence-electron chi connectivity index (χ2n) is 10.1. The number of phosphoric acid groups is 2. The minimum Gasteiger partial charge on any atom is -0.857 e. The number of fused-ring (bicyclic) bond motifs is 4. The molecule has 3 aliphatic rings. The molecule has 4 aromatic rings. The van der Waals surface area contributed by atoms with Crippen LogP contribution in [0.2, 0.25) is 0 Å². The van der Waals surface area contributed by atoms with Crippen LogP contribution in [0.3, 0.4) is 0 Å². The lowest BCUT2D eigenvalue weighted by atomic mass is 10.1. The number of hydrogen-bond acceptors (Lipinski definition) is 20. The molecule has 45 heavy (non-hydrogen) atoms. The molecule has 0 aromatic carbocycles. The molecule has 4 aromatic heterocycles. The summed E-state index contributed by atoms with van der Waals surface area (Å²) in [6, 6.07) is 0. The third-order valence-corrected chi connectivity index (χ3v) is 9.22. The molecule has 7 heterocycles. The molecule has 23 nitrogen and oxygen atoms in total. The van der Waals surface area contributed by atoms with E-state index in [0.717, 1.165) is 17.2 Å². The van der Waals surface area contributed by atoms with Crippen molar-refractivity contribution in [2.75, 3.05) is 24.7 Å². The Hall–Kier alpha value is -3.44. The fourth-order valence-corrected chi connectivity index (χ4v) is 7.19. The molecular formula is C20H22N10O13P2-2. The monoisotopic (exact) mass is 672 g/mol. The normalized spacial score (nSPS) is 37.7. The van der Waals surface area contributed by atoms with Crippen molar-refractivity contribution in [1.82, 2.24) is 39.0 Å². The van der Waals surface area contributed by atoms with Crippen molar-refractivity contribution >= 4 is 49.7 Å². The average molecular weight is 672 g/mol. The third kappa shape index (κ3) is 5.31. The molecular weight excluding hydrogens is 650 g/mol. The van der Waals surface area contributed by atoms with Crippen LogP contribution in [0.1, 0.15) is 12.5 Å². The molecule has 0 aliphatic carbocycles. The van der Waals surface area contributed by atoms with Crippen LogP contribution in [-0.2, 0) is 36.7 Å². The number of hydrogen-bond donors (Lipinski definition) is 5. The van der Waals surface area contributed by atoms with Gasteiger partial charge in [0.15, 0.2) is 29.6 Å². The molecule has 2 unspecified atom stereocenters. The molecule has 25 heteroatoms. The summed E-state index contributed by atoms with van der Waals surface area (Å²) in [6.07, 6.45) is -9.50. The molecule has 3 aliphatic heterocycles. The van der Waals surface area contributed by atoms with E-state index in [1.54, 1.807) is 0 Å². The van der Waals surface area contributed by atoms with E-state index in [2.05, 4.69) is 29.9 Å². The SMILES string of the molecule is Nc1nc([O-])c2ncn([C@@H]3O[C@@H]4COP(=O)([O-])O[C@H]5[C@@H](O)[C@H](n6cnc7c(N)ncnc76)O[C@@H]5COP(=O)(O)O[C@H]4[C@H]3O)c2n1. The maximum absolute atomic E-state index is 13.1. The number of ether oxygens (including phenoxy) is 2. The van der Waals surface area contributed by atoms with Gasteiger partial charge in [-0.1, -0.05) is 0 Å². The van der Waals surface area contributed by atoms with Gasteiger partial charge in [0.25, 0.3) is 7.82 Å². The molecule has 242 valence electrons. The van der Waals surface area contributed by atoms with Gasteiger partial charge in [-0.2, -0.15) is 4.98 Å². The van der Waals surface area contributed by atoms with E-state index in [9.17, 15) is 34.2 Å². The smallest absolute Gasteiger partial charge is 0.472 e. The lowest BCUT2D eigenvalue weighted by Gasteiger charge is -2.32. The van der Waals surface area contributed by atoms with Gasteiger partial charge in [0.1, 0.15) is 54.0 Å². The highest BCUT2D eigenvalue weighted by Crippen LogP contribution is 2.52. The van der Waals surface area contributed by atoms with Gasteiger partial charge in [-0.15, -0.1) is 0 Å². The molecule has 10 atom stereocenters. The molecule has 7 N–H and O–H groups in total. The average Bonchev–Trinajstić information content (AvgIpc) is 3.72. The number of nitrogens with zero attached hydrogens (tertiary/aromatic N) is 8. The first-order valence-corrected chi connectivity index (χ1v) is 15.8. The Morgan fingerprint density at radius 1 is 0.844 bits per heavy atom. The highest BCUT2D eigenvalue weighted by atomic mass is 31.2. The van der Waals surface area contributed by atoms with Crippen molar-refractivity contribution in [2.45, 2.75) is 49.1 Å². The summed E-state index contributed by atoms with van der Waals surface area (Å²) in [5, 5.41) is 34.3. The van der Waals surface area contributed by atoms with Gasteiger partial charge in [-0.25, -0.2) is 29.5 Å². The topological polar surface area (TPSA) is 336 Å². The number of anilines is 2. The van der Waals surface area contributed by atoms with Crippen LogP contribution in [0.15, 0.2) is 19.0 Å². The van der Waals surface area contributed by atoms with Crippen molar-refractivity contribution in [3.05, 3.63) is 19.0 Å². The second kappa shape index (κ2) is 10.8. The second-order valence-corrected chi connectivity index (χ2v) is 12.8. The fourth-order valence-electron chi connectivity index (χ4n) is 5.27. The third-order valence-electron chi connectivity index (χ3n) is 7.27. The largest absolute Gasteiger partial charge is 0.857 e. The minimum atomic E-state index is -5.30. The van der Waals surface area contributed by atoms with Crippen molar-refractivity contribution in [3.8, 4) is 5.88 Å². The lowest BCUT2D eigenvalue weighted by molar-refractivity contribution is -0.272. The Bertz CT molecular complexity index is 1880. The molecule has 3 fully saturated rings. The number of nitrogen functional groups attached to an aromatic ring is 2. The number of phosphoric ester groups is 2. The summed E-state index contributed by atoms with van der Waals surface area (Å²) in [4.78, 5) is 46.8. The van der Waals surface area contributed by atoms with E-state index in [4.69, 9.17) is 39.0 Å². The van der Waals surface area contributed by atoms with Crippen LogP contribution in [0.4, 0.5) is 11.8 Å². The summed E-state index contributed by atoms with van der Waals surface area (Å²) >= 11 is 0. The van der Waals surface area contributed by atoms with Gasteiger partial charge >= 0.3 is 7.82 Å². The first kappa shape index (κ1) is 30.2. The molecule has 7 rings (SSSR count).